The number of rotatable bonds is 13. The Hall–Kier alpha value is -2.24. The molecular weight excluding hydrogens is 496 g/mol. The van der Waals surface area contributed by atoms with Crippen LogP contribution in [0.5, 0.6) is 0 Å². The molecular formula is C34H60N4O2. The number of anilines is 1. The molecule has 1 aliphatic rings. The van der Waals surface area contributed by atoms with Gasteiger partial charge in [-0.1, -0.05) is 73.4 Å². The number of carbonyl (C=O) groups excluding carboxylic acids is 2. The molecule has 0 aromatic heterocycles. The number of benzene rings is 1. The van der Waals surface area contributed by atoms with Gasteiger partial charge in [0.2, 0.25) is 5.91 Å². The summed E-state index contributed by atoms with van der Waals surface area (Å²) in [7, 11) is 0. The summed E-state index contributed by atoms with van der Waals surface area (Å²) in [6.45, 7) is 22.9. The maximum atomic E-state index is 13.6. The zero-order chi connectivity index (χ0) is 29.9. The minimum Gasteiger partial charge on any atom is -0.369 e. The Morgan fingerprint density at radius 1 is 0.900 bits per heavy atom. The van der Waals surface area contributed by atoms with Crippen LogP contribution in [-0.4, -0.2) is 54.6 Å². The number of carbonyl (C=O) groups is 2. The molecule has 228 valence electrons. The fraction of sp³-hybridized carbons (Fsp3) is 0.765. The molecule has 0 spiro atoms. The third-order valence-corrected chi connectivity index (χ3v) is 7.70. The number of aryl methyl sites for hydroxylation is 1. The summed E-state index contributed by atoms with van der Waals surface area (Å²) < 4.78 is 0. The number of hydrogen-bond acceptors (Lipinski definition) is 3. The summed E-state index contributed by atoms with van der Waals surface area (Å²) in [5, 5.41) is 6.39. The van der Waals surface area contributed by atoms with E-state index in [-0.39, 0.29) is 11.9 Å². The smallest absolute Gasteiger partial charge is 0.318 e. The van der Waals surface area contributed by atoms with Crippen LogP contribution in [0.25, 0.3) is 0 Å². The Morgan fingerprint density at radius 3 is 2.02 bits per heavy atom. The first kappa shape index (κ1) is 34.0. The molecule has 0 saturated carbocycles. The second kappa shape index (κ2) is 15.7. The molecule has 6 nitrogen and oxygen atoms in total. The lowest BCUT2D eigenvalue weighted by molar-refractivity contribution is -0.124. The van der Waals surface area contributed by atoms with Crippen molar-refractivity contribution in [1.29, 1.82) is 0 Å². The zero-order valence-corrected chi connectivity index (χ0v) is 27.2. The molecule has 2 N–H and O–H groups in total. The number of amides is 3. The second-order valence-corrected chi connectivity index (χ2v) is 14.7. The highest BCUT2D eigenvalue weighted by atomic mass is 16.2. The van der Waals surface area contributed by atoms with E-state index in [1.807, 2.05) is 4.90 Å². The molecule has 2 rings (SSSR count). The standard InChI is InChI=1S/C34H60N4O2/c1-26(2)19-23-38(29-16-14-28(15-17-29)18-20-33(5,6)7)25-34(8,9)36-31(39)30(24-27(3)4)35-32(40)37-21-12-10-11-13-22-37/h14-17,26-27,30H,10-13,18-25H2,1-9H3,(H,35,40)(H,36,39). The van der Waals surface area contributed by atoms with Gasteiger partial charge in [0.1, 0.15) is 6.04 Å². The predicted octanol–water partition coefficient (Wildman–Crippen LogP) is 7.41. The number of likely N-dealkylation sites (tertiary alicyclic amines) is 1. The van der Waals surface area contributed by atoms with E-state index in [4.69, 9.17) is 0 Å². The monoisotopic (exact) mass is 556 g/mol. The Kier molecular flexibility index (Phi) is 13.3. The lowest BCUT2D eigenvalue weighted by atomic mass is 9.88. The molecule has 1 atom stereocenters. The summed E-state index contributed by atoms with van der Waals surface area (Å²) >= 11 is 0. The van der Waals surface area contributed by atoms with E-state index < -0.39 is 11.6 Å². The van der Waals surface area contributed by atoms with Crippen molar-refractivity contribution >= 4 is 17.6 Å². The minimum absolute atomic E-state index is 0.0943. The maximum Gasteiger partial charge on any atom is 0.318 e. The average molecular weight is 557 g/mol. The van der Waals surface area contributed by atoms with Gasteiger partial charge in [0, 0.05) is 31.9 Å². The summed E-state index contributed by atoms with van der Waals surface area (Å²) in [5.41, 5.74) is 2.41. The SMILES string of the molecule is CC(C)CCN(CC(C)(C)NC(=O)C(CC(C)C)NC(=O)N1CCCCCC1)c1ccc(CCC(C)(C)C)cc1. The summed E-state index contributed by atoms with van der Waals surface area (Å²) in [6.07, 6.45) is 8.34. The molecule has 1 fully saturated rings. The van der Waals surface area contributed by atoms with Crippen molar-refractivity contribution in [2.45, 2.75) is 125 Å². The predicted molar refractivity (Wildman–Crippen MR) is 170 cm³/mol. The first-order valence-electron chi connectivity index (χ1n) is 15.9. The molecule has 0 bridgehead atoms. The highest BCUT2D eigenvalue weighted by Gasteiger charge is 2.30. The van der Waals surface area contributed by atoms with Gasteiger partial charge in [0.15, 0.2) is 0 Å². The maximum absolute atomic E-state index is 13.6. The third kappa shape index (κ3) is 13.0. The highest BCUT2D eigenvalue weighted by Crippen LogP contribution is 2.24. The van der Waals surface area contributed by atoms with Gasteiger partial charge in [-0.15, -0.1) is 0 Å². The second-order valence-electron chi connectivity index (χ2n) is 14.7. The van der Waals surface area contributed by atoms with Crippen LogP contribution in [0, 0.1) is 17.3 Å². The van der Waals surface area contributed by atoms with Gasteiger partial charge in [-0.25, -0.2) is 4.79 Å². The Morgan fingerprint density at radius 2 is 1.50 bits per heavy atom. The molecule has 1 aliphatic heterocycles. The van der Waals surface area contributed by atoms with Crippen LogP contribution >= 0.6 is 0 Å². The topological polar surface area (TPSA) is 64.7 Å². The first-order valence-corrected chi connectivity index (χ1v) is 15.9. The molecule has 1 aromatic rings. The molecule has 1 aromatic carbocycles. The van der Waals surface area contributed by atoms with Crippen molar-refractivity contribution in [2.75, 3.05) is 31.1 Å². The van der Waals surface area contributed by atoms with Crippen LogP contribution < -0.4 is 15.5 Å². The Labute approximate surface area is 246 Å². The Balaban J connectivity index is 2.11. The van der Waals surface area contributed by atoms with E-state index in [0.717, 1.165) is 51.7 Å². The van der Waals surface area contributed by atoms with Gasteiger partial charge in [-0.2, -0.15) is 0 Å². The van der Waals surface area contributed by atoms with Gasteiger partial charge < -0.3 is 20.4 Å². The molecule has 40 heavy (non-hydrogen) atoms. The third-order valence-electron chi connectivity index (χ3n) is 7.70. The summed E-state index contributed by atoms with van der Waals surface area (Å²) in [4.78, 5) is 31.0. The van der Waals surface area contributed by atoms with E-state index in [1.165, 1.54) is 24.1 Å². The molecule has 0 aliphatic carbocycles. The van der Waals surface area contributed by atoms with Crippen molar-refractivity contribution in [3.05, 3.63) is 29.8 Å². The lowest BCUT2D eigenvalue weighted by Gasteiger charge is -2.37. The quantitative estimate of drug-likeness (QED) is 0.266. The molecule has 1 heterocycles. The highest BCUT2D eigenvalue weighted by molar-refractivity contribution is 5.87. The number of nitrogens with one attached hydrogen (secondary N) is 2. The molecule has 1 saturated heterocycles. The normalized spacial score (nSPS) is 15.6. The Bertz CT molecular complexity index is 894. The van der Waals surface area contributed by atoms with E-state index in [2.05, 4.69) is 102 Å². The zero-order valence-electron chi connectivity index (χ0n) is 27.2. The fourth-order valence-corrected chi connectivity index (χ4v) is 5.26. The number of urea groups is 1. The van der Waals surface area contributed by atoms with E-state index in [9.17, 15) is 9.59 Å². The van der Waals surface area contributed by atoms with Crippen molar-refractivity contribution in [3.63, 3.8) is 0 Å². The van der Waals surface area contributed by atoms with Crippen LogP contribution in [0.15, 0.2) is 24.3 Å². The van der Waals surface area contributed by atoms with Crippen LogP contribution in [0.4, 0.5) is 10.5 Å². The first-order chi connectivity index (χ1) is 18.6. The van der Waals surface area contributed by atoms with E-state index in [0.29, 0.717) is 30.2 Å². The van der Waals surface area contributed by atoms with Crippen molar-refractivity contribution in [3.8, 4) is 0 Å². The summed E-state index contributed by atoms with van der Waals surface area (Å²) in [5.74, 6) is 0.793. The summed E-state index contributed by atoms with van der Waals surface area (Å²) in [6, 6.07) is 8.34. The van der Waals surface area contributed by atoms with Crippen LogP contribution in [0.3, 0.4) is 0 Å². The van der Waals surface area contributed by atoms with Gasteiger partial charge in [-0.05, 0) is 87.3 Å². The van der Waals surface area contributed by atoms with Gasteiger partial charge >= 0.3 is 6.03 Å². The molecule has 6 heteroatoms. The van der Waals surface area contributed by atoms with Crippen molar-refractivity contribution < 1.29 is 9.59 Å². The van der Waals surface area contributed by atoms with Crippen molar-refractivity contribution in [2.24, 2.45) is 17.3 Å². The van der Waals surface area contributed by atoms with Crippen LogP contribution in [-0.2, 0) is 11.2 Å². The minimum atomic E-state index is -0.541. The average Bonchev–Trinajstić information content (AvgIpc) is 3.14. The van der Waals surface area contributed by atoms with Gasteiger partial charge in [0.05, 0.1) is 5.54 Å². The molecule has 0 radical (unpaired) electrons. The molecule has 3 amide bonds. The van der Waals surface area contributed by atoms with E-state index >= 15 is 0 Å². The lowest BCUT2D eigenvalue weighted by Crippen LogP contribution is -2.58. The van der Waals surface area contributed by atoms with Crippen LogP contribution in [0.1, 0.15) is 113 Å². The van der Waals surface area contributed by atoms with Crippen LogP contribution in [0.2, 0.25) is 0 Å². The number of hydrogen-bond donors (Lipinski definition) is 2. The van der Waals surface area contributed by atoms with Crippen molar-refractivity contribution in [1.82, 2.24) is 15.5 Å². The molecule has 1 unspecified atom stereocenters. The fourth-order valence-electron chi connectivity index (χ4n) is 5.26. The van der Waals surface area contributed by atoms with E-state index in [1.54, 1.807) is 0 Å². The largest absolute Gasteiger partial charge is 0.369 e. The van der Waals surface area contributed by atoms with Gasteiger partial charge in [-0.3, -0.25) is 4.79 Å². The number of nitrogens with zero attached hydrogens (tertiary/aromatic N) is 2. The van der Waals surface area contributed by atoms with Gasteiger partial charge in [0.25, 0.3) is 0 Å².